The van der Waals surface area contributed by atoms with E-state index in [1.54, 1.807) is 30.5 Å². The first-order chi connectivity index (χ1) is 13.8. The highest BCUT2D eigenvalue weighted by Gasteiger charge is 2.19. The van der Waals surface area contributed by atoms with Gasteiger partial charge in [-0.25, -0.2) is 13.5 Å². The smallest absolute Gasteiger partial charge is 0.245 e. The van der Waals surface area contributed by atoms with Gasteiger partial charge in [-0.05, 0) is 24.1 Å². The zero-order valence-electron chi connectivity index (χ0n) is 16.2. The van der Waals surface area contributed by atoms with Crippen molar-refractivity contribution < 1.29 is 18.4 Å². The van der Waals surface area contributed by atoms with Gasteiger partial charge < -0.3 is 0 Å². The zero-order chi connectivity index (χ0) is 21.0. The molecule has 0 radical (unpaired) electrons. The largest absolute Gasteiger partial charge is 0.286 e. The van der Waals surface area contributed by atoms with Crippen molar-refractivity contribution in [3.63, 3.8) is 0 Å². The van der Waals surface area contributed by atoms with E-state index in [9.17, 15) is 18.4 Å². The summed E-state index contributed by atoms with van der Waals surface area (Å²) in [6.45, 7) is 0. The van der Waals surface area contributed by atoms with Gasteiger partial charge in [-0.1, -0.05) is 48.5 Å². The Hall–Kier alpha value is -3.03. The fourth-order valence-corrected chi connectivity index (χ4v) is 4.00. The third kappa shape index (κ3) is 4.88. The van der Waals surface area contributed by atoms with E-state index < -0.39 is 15.7 Å². The molecule has 3 rings (SSSR count). The first-order valence-electron chi connectivity index (χ1n) is 9.06. The summed E-state index contributed by atoms with van der Waals surface area (Å²) >= 11 is 0. The summed E-state index contributed by atoms with van der Waals surface area (Å²) in [6, 6.07) is 18.2. The lowest BCUT2D eigenvalue weighted by atomic mass is 9.96. The molecule has 3 aromatic rings. The monoisotopic (exact) mass is 410 g/mol. The third-order valence-corrected chi connectivity index (χ3v) is 5.71. The SMILES string of the molecule is CN(O)C(=O)CCc1cnc(-c2ccccc2)c(-c2ccccc2S(C)(=O)=O)c1. The first-order valence-corrected chi connectivity index (χ1v) is 11.0. The molecule has 1 aromatic heterocycles. The summed E-state index contributed by atoms with van der Waals surface area (Å²) in [5, 5.41) is 9.81. The van der Waals surface area contributed by atoms with Crippen molar-refractivity contribution in [2.24, 2.45) is 0 Å². The average Bonchev–Trinajstić information content (AvgIpc) is 2.71. The Morgan fingerprint density at radius 2 is 1.69 bits per heavy atom. The number of benzene rings is 2. The summed E-state index contributed by atoms with van der Waals surface area (Å²) < 4.78 is 24.7. The molecule has 1 amide bonds. The molecule has 6 nitrogen and oxygen atoms in total. The van der Waals surface area contributed by atoms with Gasteiger partial charge in [-0.2, -0.15) is 0 Å². The van der Waals surface area contributed by atoms with E-state index in [0.717, 1.165) is 11.1 Å². The lowest BCUT2D eigenvalue weighted by Crippen LogP contribution is -2.22. The number of hydroxylamine groups is 2. The molecule has 0 aliphatic rings. The van der Waals surface area contributed by atoms with Gasteiger partial charge in [-0.3, -0.25) is 15.0 Å². The number of aryl methyl sites for hydroxylation is 1. The van der Waals surface area contributed by atoms with Crippen LogP contribution in [0.4, 0.5) is 0 Å². The molecule has 0 unspecified atom stereocenters. The molecular formula is C22H22N2O4S. The number of aromatic nitrogens is 1. The number of carbonyl (C=O) groups is 1. The van der Waals surface area contributed by atoms with Crippen LogP contribution < -0.4 is 0 Å². The molecule has 150 valence electrons. The van der Waals surface area contributed by atoms with E-state index in [1.807, 2.05) is 36.4 Å². The number of pyridine rings is 1. The fourth-order valence-electron chi connectivity index (χ4n) is 3.10. The molecule has 2 aromatic carbocycles. The van der Waals surface area contributed by atoms with Crippen LogP contribution in [0.2, 0.25) is 0 Å². The normalized spacial score (nSPS) is 11.3. The average molecular weight is 410 g/mol. The molecule has 0 saturated heterocycles. The quantitative estimate of drug-likeness (QED) is 0.496. The van der Waals surface area contributed by atoms with Crippen molar-refractivity contribution in [2.75, 3.05) is 13.3 Å². The van der Waals surface area contributed by atoms with Crippen LogP contribution in [0, 0.1) is 0 Å². The van der Waals surface area contributed by atoms with E-state index >= 15 is 0 Å². The number of amides is 1. The van der Waals surface area contributed by atoms with Gasteiger partial charge in [-0.15, -0.1) is 0 Å². The molecule has 0 bridgehead atoms. The highest BCUT2D eigenvalue weighted by Crippen LogP contribution is 2.35. The minimum Gasteiger partial charge on any atom is -0.286 e. The summed E-state index contributed by atoms with van der Waals surface area (Å²) in [7, 11) is -2.17. The van der Waals surface area contributed by atoms with Crippen LogP contribution in [0.25, 0.3) is 22.4 Å². The van der Waals surface area contributed by atoms with Gasteiger partial charge in [0.25, 0.3) is 0 Å². The van der Waals surface area contributed by atoms with Gasteiger partial charge in [0.2, 0.25) is 5.91 Å². The number of hydrogen-bond acceptors (Lipinski definition) is 5. The summed E-state index contributed by atoms with van der Waals surface area (Å²) in [6.07, 6.45) is 3.35. The van der Waals surface area contributed by atoms with Crippen molar-refractivity contribution >= 4 is 15.7 Å². The van der Waals surface area contributed by atoms with Gasteiger partial charge in [0.1, 0.15) is 0 Å². The first kappa shape index (κ1) is 20.7. The van der Waals surface area contributed by atoms with Crippen molar-refractivity contribution in [1.29, 1.82) is 0 Å². The predicted molar refractivity (Wildman–Crippen MR) is 111 cm³/mol. The Balaban J connectivity index is 2.15. The van der Waals surface area contributed by atoms with Crippen molar-refractivity contribution in [1.82, 2.24) is 10.0 Å². The van der Waals surface area contributed by atoms with Gasteiger partial charge >= 0.3 is 0 Å². The van der Waals surface area contributed by atoms with E-state index in [-0.39, 0.29) is 11.3 Å². The Kier molecular flexibility index (Phi) is 6.10. The van der Waals surface area contributed by atoms with Crippen LogP contribution >= 0.6 is 0 Å². The molecule has 1 N–H and O–H groups in total. The van der Waals surface area contributed by atoms with E-state index in [1.165, 1.54) is 13.3 Å². The number of carbonyl (C=O) groups excluding carboxylic acids is 1. The molecule has 29 heavy (non-hydrogen) atoms. The molecule has 7 heteroatoms. The molecule has 0 fully saturated rings. The van der Waals surface area contributed by atoms with Crippen molar-refractivity contribution in [2.45, 2.75) is 17.7 Å². The number of hydrogen-bond donors (Lipinski definition) is 1. The Labute approximate surface area is 170 Å². The standard InChI is InChI=1S/C22H22N2O4S/c1-24(26)21(25)13-12-16-14-19(18-10-6-7-11-20(18)29(2,27)28)22(23-15-16)17-8-4-3-5-9-17/h3-11,14-15,26H,12-13H2,1-2H3. The maximum absolute atomic E-state index is 12.4. The topological polar surface area (TPSA) is 87.6 Å². The van der Waals surface area contributed by atoms with Gasteiger partial charge in [0, 0.05) is 42.6 Å². The lowest BCUT2D eigenvalue weighted by molar-refractivity contribution is -0.159. The molecule has 0 saturated carbocycles. The molecule has 0 aliphatic carbocycles. The highest BCUT2D eigenvalue weighted by atomic mass is 32.2. The maximum Gasteiger partial charge on any atom is 0.245 e. The number of rotatable bonds is 6. The van der Waals surface area contributed by atoms with Crippen molar-refractivity contribution in [3.05, 3.63) is 72.4 Å². The second-order valence-corrected chi connectivity index (χ2v) is 8.78. The maximum atomic E-state index is 12.4. The van der Waals surface area contributed by atoms with Crippen LogP contribution in [0.1, 0.15) is 12.0 Å². The molecule has 0 spiro atoms. The Bertz CT molecular complexity index is 1130. The molecular weight excluding hydrogens is 388 g/mol. The zero-order valence-corrected chi connectivity index (χ0v) is 17.1. The third-order valence-electron chi connectivity index (χ3n) is 4.56. The summed E-state index contributed by atoms with van der Waals surface area (Å²) in [5.41, 5.74) is 3.55. The summed E-state index contributed by atoms with van der Waals surface area (Å²) in [5.74, 6) is -0.407. The van der Waals surface area contributed by atoms with Crippen LogP contribution in [0.15, 0.2) is 71.8 Å². The molecule has 0 aliphatic heterocycles. The Morgan fingerprint density at radius 1 is 1.03 bits per heavy atom. The fraction of sp³-hybridized carbons (Fsp3) is 0.182. The van der Waals surface area contributed by atoms with E-state index in [4.69, 9.17) is 0 Å². The molecule has 1 heterocycles. The number of sulfone groups is 1. The minimum atomic E-state index is -3.45. The second kappa shape index (κ2) is 8.55. The van der Waals surface area contributed by atoms with Crippen LogP contribution in [-0.4, -0.2) is 42.9 Å². The van der Waals surface area contributed by atoms with Crippen LogP contribution in [0.3, 0.4) is 0 Å². The molecule has 0 atom stereocenters. The van der Waals surface area contributed by atoms with E-state index in [0.29, 0.717) is 28.3 Å². The summed E-state index contributed by atoms with van der Waals surface area (Å²) in [4.78, 5) is 16.5. The van der Waals surface area contributed by atoms with E-state index in [2.05, 4.69) is 4.98 Å². The lowest BCUT2D eigenvalue weighted by Gasteiger charge is -2.15. The van der Waals surface area contributed by atoms with Crippen LogP contribution in [-0.2, 0) is 21.1 Å². The highest BCUT2D eigenvalue weighted by molar-refractivity contribution is 7.90. The predicted octanol–water partition coefficient (Wildman–Crippen LogP) is 3.60. The number of nitrogens with zero attached hydrogens (tertiary/aromatic N) is 2. The second-order valence-electron chi connectivity index (χ2n) is 6.79. The Morgan fingerprint density at radius 3 is 2.34 bits per heavy atom. The van der Waals surface area contributed by atoms with Gasteiger partial charge in [0.05, 0.1) is 10.6 Å². The van der Waals surface area contributed by atoms with Crippen LogP contribution in [0.5, 0.6) is 0 Å². The van der Waals surface area contributed by atoms with Gasteiger partial charge in [0.15, 0.2) is 9.84 Å². The van der Waals surface area contributed by atoms with Crippen molar-refractivity contribution in [3.8, 4) is 22.4 Å². The minimum absolute atomic E-state index is 0.118.